The summed E-state index contributed by atoms with van der Waals surface area (Å²) in [5, 5.41) is 16.7. The molecule has 13 heteroatoms. The molecule has 244 valence electrons. The van der Waals surface area contributed by atoms with Crippen molar-refractivity contribution in [2.75, 3.05) is 44.2 Å². The molecular weight excluding hydrogens is 614 g/mol. The molecule has 0 aliphatic carbocycles. The lowest BCUT2D eigenvalue weighted by molar-refractivity contribution is -0.0900. The standard InChI is InChI=1S/C32H45BF3N7S2/c1-21-26(41-17-13-39-14-18-41)19-24-28(37)40-20-22-7-6-8-25(27(22)34)32(35,36)23-9-15-42(16-10-23)31(33,45)12-5-3-4-11-30(2,44)43(21)29(24)38/h6-8,19,23,38-40,44-45H,1,3-5,9-18,20,37H2,2H3/b28-24+,38-29?. The van der Waals surface area contributed by atoms with Crippen molar-refractivity contribution in [3.8, 4) is 0 Å². The number of fused-ring (bicyclic) bond motifs is 10. The number of nitrogens with one attached hydrogen (secondary N) is 3. The van der Waals surface area contributed by atoms with Crippen LogP contribution in [0.1, 0.15) is 63.0 Å². The highest BCUT2D eigenvalue weighted by Gasteiger charge is 2.46. The summed E-state index contributed by atoms with van der Waals surface area (Å²) in [6.45, 7) is 10.1. The van der Waals surface area contributed by atoms with Crippen LogP contribution in [0.3, 0.4) is 0 Å². The van der Waals surface area contributed by atoms with Crippen molar-refractivity contribution >= 4 is 51.2 Å². The normalized spacial score (nSPS) is 31.1. The van der Waals surface area contributed by atoms with Crippen molar-refractivity contribution in [1.29, 1.82) is 5.41 Å². The van der Waals surface area contributed by atoms with Crippen molar-refractivity contribution < 1.29 is 13.2 Å². The highest BCUT2D eigenvalue weighted by atomic mass is 32.1. The number of nitrogens with zero attached hydrogens (tertiary/aromatic N) is 3. The first kappa shape index (κ1) is 34.1. The number of rotatable bonds is 1. The van der Waals surface area contributed by atoms with E-state index in [4.69, 9.17) is 38.8 Å². The van der Waals surface area contributed by atoms with Gasteiger partial charge in [0, 0.05) is 49.0 Å². The number of nitrogens with two attached hydrogens (primary N) is 1. The van der Waals surface area contributed by atoms with Crippen LogP contribution in [0.2, 0.25) is 0 Å². The molecule has 4 aliphatic heterocycles. The Kier molecular flexibility index (Phi) is 10.2. The second-order valence-electron chi connectivity index (χ2n) is 12.9. The van der Waals surface area contributed by atoms with E-state index in [1.807, 2.05) is 22.5 Å². The number of pyridine rings is 1. The van der Waals surface area contributed by atoms with Crippen molar-refractivity contribution in [3.63, 3.8) is 0 Å². The number of piperazine rings is 1. The minimum absolute atomic E-state index is 0.0735. The average molecular weight is 660 g/mol. The second-order valence-corrected chi connectivity index (χ2v) is 14.6. The highest BCUT2D eigenvalue weighted by Crippen LogP contribution is 2.44. The van der Waals surface area contributed by atoms with E-state index in [2.05, 4.69) is 22.1 Å². The molecule has 1 aromatic carbocycles. The lowest BCUT2D eigenvalue weighted by atomic mass is 9.81. The molecule has 0 saturated carbocycles. The number of aromatic nitrogens is 1. The first-order chi connectivity index (χ1) is 21.2. The summed E-state index contributed by atoms with van der Waals surface area (Å²) in [4.78, 5) is 3.41. The largest absolute Gasteiger partial charge is 0.385 e. The van der Waals surface area contributed by atoms with Gasteiger partial charge in [-0.1, -0.05) is 44.0 Å². The second kappa shape index (κ2) is 13.5. The van der Waals surface area contributed by atoms with Gasteiger partial charge < -0.3 is 25.8 Å². The van der Waals surface area contributed by atoms with Gasteiger partial charge in [0.05, 0.1) is 26.7 Å². The fourth-order valence-electron chi connectivity index (χ4n) is 6.98. The van der Waals surface area contributed by atoms with Gasteiger partial charge in [0.1, 0.15) is 25.0 Å². The lowest BCUT2D eigenvalue weighted by Gasteiger charge is -2.44. The van der Waals surface area contributed by atoms with Gasteiger partial charge in [-0.15, -0.1) is 0 Å². The van der Waals surface area contributed by atoms with Crippen LogP contribution in [0, 0.1) is 17.1 Å². The van der Waals surface area contributed by atoms with E-state index < -0.39 is 32.9 Å². The van der Waals surface area contributed by atoms with Gasteiger partial charge >= 0.3 is 0 Å². The molecule has 0 spiro atoms. The molecule has 45 heavy (non-hydrogen) atoms. The average Bonchev–Trinajstić information content (AvgIpc) is 3.00. The Bertz CT molecular complexity index is 1550. The summed E-state index contributed by atoms with van der Waals surface area (Å²) in [6, 6.07) is 5.95. The molecule has 7 nitrogen and oxygen atoms in total. The number of thiol groups is 2. The van der Waals surface area contributed by atoms with Crippen LogP contribution >= 0.6 is 25.3 Å². The molecule has 5 N–H and O–H groups in total. The molecule has 5 heterocycles. The highest BCUT2D eigenvalue weighted by molar-refractivity contribution is 7.83. The SMILES string of the molecule is [B]C1(S)CCCCCC(C)(S)n2c(=C)c(N3CCNCC3)c/c(c2=N)=C(/N)NCc2cccc(c2F)C(F)(F)C2CCN1CC2. The van der Waals surface area contributed by atoms with Gasteiger partial charge in [-0.05, 0) is 51.8 Å². The lowest BCUT2D eigenvalue weighted by Crippen LogP contribution is -2.55. The molecule has 6 bridgehead atoms. The summed E-state index contributed by atoms with van der Waals surface area (Å²) >= 11 is 9.82. The number of anilines is 1. The smallest absolute Gasteiger partial charge is 0.278 e. The summed E-state index contributed by atoms with van der Waals surface area (Å²) in [7, 11) is 6.60. The maximum absolute atomic E-state index is 15.8. The molecule has 2 saturated heterocycles. The van der Waals surface area contributed by atoms with Crippen LogP contribution in [0.25, 0.3) is 12.4 Å². The van der Waals surface area contributed by atoms with E-state index in [0.717, 1.165) is 51.1 Å². The molecule has 2 atom stereocenters. The fourth-order valence-corrected chi connectivity index (χ4v) is 7.71. The van der Waals surface area contributed by atoms with Crippen molar-refractivity contribution in [2.45, 2.75) is 74.0 Å². The van der Waals surface area contributed by atoms with Gasteiger partial charge in [0.2, 0.25) is 0 Å². The zero-order valence-corrected chi connectivity index (χ0v) is 27.8. The quantitative estimate of drug-likeness (QED) is 0.210. The van der Waals surface area contributed by atoms with Crippen molar-refractivity contribution in [2.24, 2.45) is 11.7 Å². The van der Waals surface area contributed by atoms with E-state index in [-0.39, 0.29) is 36.3 Å². The van der Waals surface area contributed by atoms with Crippen LogP contribution in [-0.4, -0.2) is 61.4 Å². The summed E-state index contributed by atoms with van der Waals surface area (Å²) < 4.78 is 48.4. The molecule has 0 amide bonds. The van der Waals surface area contributed by atoms with Crippen LogP contribution in [0.15, 0.2) is 24.3 Å². The summed E-state index contributed by atoms with van der Waals surface area (Å²) in [6.07, 6.45) is 4.11. The van der Waals surface area contributed by atoms with Crippen LogP contribution in [0.4, 0.5) is 18.9 Å². The first-order valence-electron chi connectivity index (χ1n) is 15.9. The molecular formula is C32H45BF3N7S2. The Morgan fingerprint density at radius 1 is 1.07 bits per heavy atom. The number of halogens is 3. The third kappa shape index (κ3) is 7.06. The summed E-state index contributed by atoms with van der Waals surface area (Å²) in [5.74, 6) is -5.16. The monoisotopic (exact) mass is 659 g/mol. The number of hydrogen-bond acceptors (Lipinski definition) is 8. The Morgan fingerprint density at radius 3 is 2.42 bits per heavy atom. The minimum atomic E-state index is -3.35. The Hall–Kier alpha value is -2.22. The third-order valence-electron chi connectivity index (χ3n) is 9.71. The van der Waals surface area contributed by atoms with E-state index >= 15 is 13.2 Å². The molecule has 2 fully saturated rings. The van der Waals surface area contributed by atoms with Crippen LogP contribution in [0.5, 0.6) is 0 Å². The van der Waals surface area contributed by atoms with Gasteiger partial charge in [0.25, 0.3) is 5.92 Å². The maximum Gasteiger partial charge on any atom is 0.278 e. The summed E-state index contributed by atoms with van der Waals surface area (Å²) in [5.41, 5.74) is 6.99. The van der Waals surface area contributed by atoms with Gasteiger partial charge in [0.15, 0.2) is 0 Å². The van der Waals surface area contributed by atoms with Gasteiger partial charge in [-0.3, -0.25) is 10.3 Å². The first-order valence-corrected chi connectivity index (χ1v) is 16.8. The fraction of sp³-hybridized carbons (Fsp3) is 0.594. The Morgan fingerprint density at radius 2 is 1.73 bits per heavy atom. The third-order valence-corrected chi connectivity index (χ3v) is 10.6. The number of hydrogen-bond donors (Lipinski definition) is 6. The maximum atomic E-state index is 15.8. The van der Waals surface area contributed by atoms with Crippen LogP contribution in [-0.2, 0) is 17.3 Å². The van der Waals surface area contributed by atoms with E-state index in [1.54, 1.807) is 0 Å². The molecule has 2 unspecified atom stereocenters. The Labute approximate surface area is 276 Å². The predicted octanol–water partition coefficient (Wildman–Crippen LogP) is 2.86. The molecule has 4 aliphatic rings. The van der Waals surface area contributed by atoms with Crippen molar-refractivity contribution in [1.82, 2.24) is 20.1 Å². The molecule has 1 aromatic heterocycles. The van der Waals surface area contributed by atoms with Crippen LogP contribution < -0.4 is 37.3 Å². The molecule has 6 rings (SSSR count). The van der Waals surface area contributed by atoms with Crippen molar-refractivity contribution in [3.05, 3.63) is 57.3 Å². The van der Waals surface area contributed by atoms with Gasteiger partial charge in [-0.25, -0.2) is 13.2 Å². The number of benzene rings is 1. The number of alkyl halides is 2. The minimum Gasteiger partial charge on any atom is -0.385 e. The topological polar surface area (TPSA) is 85.3 Å². The van der Waals surface area contributed by atoms with E-state index in [0.29, 0.717) is 36.5 Å². The zero-order valence-electron chi connectivity index (χ0n) is 26.0. The van der Waals surface area contributed by atoms with E-state index in [9.17, 15) is 5.41 Å². The molecule has 2 aromatic rings. The predicted molar refractivity (Wildman–Crippen MR) is 182 cm³/mol. The molecule has 2 radical (unpaired) electrons. The number of piperidine rings is 1. The van der Waals surface area contributed by atoms with E-state index in [1.165, 1.54) is 18.2 Å². The zero-order chi connectivity index (χ0) is 32.6. The Balaban J connectivity index is 1.59. The van der Waals surface area contributed by atoms with Gasteiger partial charge in [-0.2, -0.15) is 25.3 Å².